The summed E-state index contributed by atoms with van der Waals surface area (Å²) in [4.78, 5) is 0. The van der Waals surface area contributed by atoms with Crippen molar-refractivity contribution in [1.82, 2.24) is 0 Å². The lowest BCUT2D eigenvalue weighted by atomic mass is 10.2. The summed E-state index contributed by atoms with van der Waals surface area (Å²) in [5.41, 5.74) is 0. The van der Waals surface area contributed by atoms with Crippen molar-refractivity contribution in [3.63, 3.8) is 0 Å². The van der Waals surface area contributed by atoms with Gasteiger partial charge < -0.3 is 4.74 Å². The third kappa shape index (κ3) is 5.96. The van der Waals surface area contributed by atoms with E-state index in [1.54, 1.807) is 0 Å². The molecule has 0 aliphatic rings. The molecular weight excluding hydrogens is 309 g/mol. The van der Waals surface area contributed by atoms with Crippen LogP contribution in [-0.4, -0.2) is 31.1 Å². The summed E-state index contributed by atoms with van der Waals surface area (Å²) >= 11 is 0. The summed E-state index contributed by atoms with van der Waals surface area (Å²) in [7, 11) is 0. The van der Waals surface area contributed by atoms with Crippen LogP contribution >= 0.6 is 0 Å². The molecule has 0 unspecified atom stereocenters. The second-order valence-electron chi connectivity index (χ2n) is 3.03. The summed E-state index contributed by atoms with van der Waals surface area (Å²) in [6.45, 7) is -2.66. The van der Waals surface area contributed by atoms with E-state index in [4.69, 9.17) is 0 Å². The van der Waals surface area contributed by atoms with Crippen molar-refractivity contribution in [3.8, 4) is 0 Å². The van der Waals surface area contributed by atoms with Crippen LogP contribution in [0.1, 0.15) is 0 Å². The molecule has 0 radical (unpaired) electrons. The van der Waals surface area contributed by atoms with E-state index in [0.29, 0.717) is 0 Å². The van der Waals surface area contributed by atoms with E-state index in [2.05, 4.69) is 4.74 Å². The molecule has 0 heterocycles. The molecule has 0 atom stereocenters. The second kappa shape index (κ2) is 5.04. The Kier molecular flexibility index (Phi) is 4.71. The standard InChI is InChI=1S/C7H3F11O/c8-4(9,7(16,17)18)1-3(6(13,14)15)19-2-5(10,11)12/h1H,2H2. The Hall–Kier alpha value is -1.23. The molecule has 0 amide bonds. The largest absolute Gasteiger partial charge is 0.479 e. The molecule has 0 N–H and O–H groups in total. The Bertz CT molecular complexity index is 330. The van der Waals surface area contributed by atoms with Crippen LogP contribution in [0.15, 0.2) is 11.8 Å². The SMILES string of the molecule is FC(F)(F)COC(=CC(F)(F)C(F)(F)F)C(F)(F)F. The normalized spacial score (nSPS) is 15.6. The van der Waals surface area contributed by atoms with Crippen molar-refractivity contribution in [1.29, 1.82) is 0 Å². The number of rotatable bonds is 3. The minimum atomic E-state index is -6.40. The fourth-order valence-corrected chi connectivity index (χ4v) is 0.611. The van der Waals surface area contributed by atoms with Crippen LogP contribution in [0.5, 0.6) is 0 Å². The molecular formula is C7H3F11O. The molecule has 0 aliphatic heterocycles. The highest BCUT2D eigenvalue weighted by Crippen LogP contribution is 2.40. The van der Waals surface area contributed by atoms with E-state index in [9.17, 15) is 48.3 Å². The fraction of sp³-hybridized carbons (Fsp3) is 0.714. The van der Waals surface area contributed by atoms with Gasteiger partial charge in [0.25, 0.3) is 0 Å². The van der Waals surface area contributed by atoms with Crippen LogP contribution in [0, 0.1) is 0 Å². The van der Waals surface area contributed by atoms with E-state index in [-0.39, 0.29) is 0 Å². The van der Waals surface area contributed by atoms with Crippen molar-refractivity contribution in [2.24, 2.45) is 0 Å². The van der Waals surface area contributed by atoms with Gasteiger partial charge in [0, 0.05) is 6.08 Å². The predicted octanol–water partition coefficient (Wildman–Crippen LogP) is 4.21. The number of allylic oxidation sites excluding steroid dienone is 2. The van der Waals surface area contributed by atoms with Gasteiger partial charge in [0.2, 0.25) is 5.76 Å². The van der Waals surface area contributed by atoms with Gasteiger partial charge in [0.1, 0.15) is 0 Å². The smallest absolute Gasteiger partial charge is 0.457 e. The van der Waals surface area contributed by atoms with E-state index < -0.39 is 42.9 Å². The summed E-state index contributed by atoms with van der Waals surface area (Å²) in [6, 6.07) is 0. The summed E-state index contributed by atoms with van der Waals surface area (Å²) in [6.07, 6.45) is -19.4. The number of halogens is 11. The van der Waals surface area contributed by atoms with Crippen LogP contribution in [0.25, 0.3) is 0 Å². The molecule has 0 saturated carbocycles. The van der Waals surface area contributed by atoms with Crippen molar-refractivity contribution < 1.29 is 53.0 Å². The maximum absolute atomic E-state index is 12.3. The first-order chi connectivity index (χ1) is 8.06. The monoisotopic (exact) mass is 312 g/mol. The Labute approximate surface area is 97.2 Å². The first-order valence-corrected chi connectivity index (χ1v) is 4.00. The lowest BCUT2D eigenvalue weighted by Crippen LogP contribution is -2.36. The molecule has 0 aromatic rings. The molecule has 0 bridgehead atoms. The molecule has 0 spiro atoms. The number of hydrogen-bond donors (Lipinski definition) is 0. The molecule has 19 heavy (non-hydrogen) atoms. The second-order valence-corrected chi connectivity index (χ2v) is 3.03. The maximum atomic E-state index is 12.3. The van der Waals surface area contributed by atoms with Gasteiger partial charge in [-0.3, -0.25) is 0 Å². The van der Waals surface area contributed by atoms with Gasteiger partial charge in [-0.25, -0.2) is 0 Å². The number of hydrogen-bond acceptors (Lipinski definition) is 1. The highest BCUT2D eigenvalue weighted by Gasteiger charge is 2.58. The first kappa shape index (κ1) is 17.8. The van der Waals surface area contributed by atoms with Crippen LogP contribution < -0.4 is 0 Å². The zero-order chi connectivity index (χ0) is 15.7. The highest BCUT2D eigenvalue weighted by atomic mass is 19.4. The van der Waals surface area contributed by atoms with Gasteiger partial charge in [-0.2, -0.15) is 48.3 Å². The molecule has 0 aliphatic carbocycles. The zero-order valence-electron chi connectivity index (χ0n) is 8.35. The zero-order valence-corrected chi connectivity index (χ0v) is 8.35. The summed E-state index contributed by atoms with van der Waals surface area (Å²) in [5, 5.41) is 0. The molecule has 0 aromatic carbocycles. The van der Waals surface area contributed by atoms with Crippen molar-refractivity contribution in [3.05, 3.63) is 11.8 Å². The molecule has 0 saturated heterocycles. The fourth-order valence-electron chi connectivity index (χ4n) is 0.611. The quantitative estimate of drug-likeness (QED) is 0.560. The molecule has 114 valence electrons. The Morgan fingerprint density at radius 3 is 1.47 bits per heavy atom. The van der Waals surface area contributed by atoms with Gasteiger partial charge in [-0.1, -0.05) is 0 Å². The molecule has 1 nitrogen and oxygen atoms in total. The van der Waals surface area contributed by atoms with E-state index >= 15 is 0 Å². The molecule has 0 aromatic heterocycles. The first-order valence-electron chi connectivity index (χ1n) is 4.00. The number of ether oxygens (including phenoxy) is 1. The van der Waals surface area contributed by atoms with E-state index in [1.807, 2.05) is 0 Å². The van der Waals surface area contributed by atoms with Crippen LogP contribution in [0.2, 0.25) is 0 Å². The molecule has 0 rings (SSSR count). The molecule has 0 fully saturated rings. The van der Waals surface area contributed by atoms with Gasteiger partial charge in [0.15, 0.2) is 6.61 Å². The van der Waals surface area contributed by atoms with E-state index in [0.717, 1.165) is 0 Å². The molecule has 12 heteroatoms. The lowest BCUT2D eigenvalue weighted by Gasteiger charge is -2.20. The van der Waals surface area contributed by atoms with Crippen LogP contribution in [0.3, 0.4) is 0 Å². The van der Waals surface area contributed by atoms with Crippen molar-refractivity contribution in [2.75, 3.05) is 6.61 Å². The van der Waals surface area contributed by atoms with E-state index in [1.165, 1.54) is 0 Å². The third-order valence-corrected chi connectivity index (χ3v) is 1.36. The minimum absolute atomic E-state index is 1.75. The van der Waals surface area contributed by atoms with Crippen molar-refractivity contribution >= 4 is 0 Å². The maximum Gasteiger partial charge on any atom is 0.457 e. The summed E-state index contributed by atoms with van der Waals surface area (Å²) in [5.74, 6) is -9.06. The average Bonchev–Trinajstić information content (AvgIpc) is 2.06. The average molecular weight is 312 g/mol. The minimum Gasteiger partial charge on any atom is -0.479 e. The lowest BCUT2D eigenvalue weighted by molar-refractivity contribution is -0.262. The Morgan fingerprint density at radius 2 is 1.21 bits per heavy atom. The van der Waals surface area contributed by atoms with Crippen LogP contribution in [0.4, 0.5) is 48.3 Å². The van der Waals surface area contributed by atoms with Gasteiger partial charge in [-0.15, -0.1) is 0 Å². The summed E-state index contributed by atoms with van der Waals surface area (Å²) < 4.78 is 133. The Morgan fingerprint density at radius 1 is 0.789 bits per heavy atom. The predicted molar refractivity (Wildman–Crippen MR) is 37.1 cm³/mol. The Balaban J connectivity index is 5.29. The number of alkyl halides is 11. The van der Waals surface area contributed by atoms with Crippen LogP contribution in [-0.2, 0) is 4.74 Å². The van der Waals surface area contributed by atoms with Gasteiger partial charge >= 0.3 is 24.5 Å². The third-order valence-electron chi connectivity index (χ3n) is 1.36. The van der Waals surface area contributed by atoms with Gasteiger partial charge in [-0.05, 0) is 0 Å². The topological polar surface area (TPSA) is 9.23 Å². The van der Waals surface area contributed by atoms with Gasteiger partial charge in [0.05, 0.1) is 0 Å². The van der Waals surface area contributed by atoms with Crippen molar-refractivity contribution in [2.45, 2.75) is 24.5 Å². The highest BCUT2D eigenvalue weighted by molar-refractivity contribution is 5.09.